The summed E-state index contributed by atoms with van der Waals surface area (Å²) in [4.78, 5) is 13.0. The lowest BCUT2D eigenvalue weighted by Gasteiger charge is -2.01. The molecule has 0 aliphatic heterocycles. The van der Waals surface area contributed by atoms with E-state index in [2.05, 4.69) is 21.4 Å². The third-order valence-corrected chi connectivity index (χ3v) is 4.20. The van der Waals surface area contributed by atoms with Crippen LogP contribution in [0.15, 0.2) is 100.0 Å². The van der Waals surface area contributed by atoms with Gasteiger partial charge in [-0.2, -0.15) is 10.4 Å². The largest absolute Gasteiger partial charge is 0.299 e. The second-order valence-electron chi connectivity index (χ2n) is 6.04. The van der Waals surface area contributed by atoms with Gasteiger partial charge in [-0.3, -0.25) is 9.89 Å². The third-order valence-electron chi connectivity index (χ3n) is 4.20. The molecule has 3 aromatic carbocycles. The molecule has 0 unspecified atom stereocenters. The predicted molar refractivity (Wildman–Crippen MR) is 107 cm³/mol. The predicted octanol–water partition coefficient (Wildman–Crippen LogP) is 5.12. The normalized spacial score (nSPS) is 10.8. The van der Waals surface area contributed by atoms with Crippen LogP contribution in [-0.2, 0) is 0 Å². The second-order valence-corrected chi connectivity index (χ2v) is 6.04. The van der Waals surface area contributed by atoms with Crippen molar-refractivity contribution in [1.82, 2.24) is 9.78 Å². The van der Waals surface area contributed by atoms with Gasteiger partial charge in [0.05, 0.1) is 28.7 Å². The molecule has 0 aliphatic rings. The Balaban J connectivity index is 1.82. The number of nitrogens with one attached hydrogen (secondary N) is 1. The summed E-state index contributed by atoms with van der Waals surface area (Å²) in [5.41, 5.74) is 3.17. The van der Waals surface area contributed by atoms with Gasteiger partial charge in [0.1, 0.15) is 0 Å². The van der Waals surface area contributed by atoms with Crippen molar-refractivity contribution in [3.8, 4) is 23.0 Å². The molecule has 4 aromatic rings. The molecule has 0 aliphatic carbocycles. The number of nitriles is 1. The maximum atomic E-state index is 13.0. The lowest BCUT2D eigenvalue weighted by Crippen LogP contribution is -2.13. The summed E-state index contributed by atoms with van der Waals surface area (Å²) >= 11 is 0. The highest BCUT2D eigenvalue weighted by atomic mass is 16.1. The monoisotopic (exact) mass is 365 g/mol. The van der Waals surface area contributed by atoms with E-state index < -0.39 is 0 Å². The molecule has 0 amide bonds. The molecule has 0 atom stereocenters. The van der Waals surface area contributed by atoms with Crippen LogP contribution < -0.4 is 5.56 Å². The van der Waals surface area contributed by atoms with Gasteiger partial charge in [-0.25, -0.2) is 4.68 Å². The molecular weight excluding hydrogens is 350 g/mol. The molecular formula is C22H15N5O. The lowest BCUT2D eigenvalue weighted by molar-refractivity contribution is 0.852. The fourth-order valence-electron chi connectivity index (χ4n) is 2.80. The van der Waals surface area contributed by atoms with Gasteiger partial charge >= 0.3 is 0 Å². The fraction of sp³-hybridized carbons (Fsp3) is 0. The summed E-state index contributed by atoms with van der Waals surface area (Å²) in [7, 11) is 0. The Morgan fingerprint density at radius 3 is 2.11 bits per heavy atom. The Labute approximate surface area is 161 Å². The molecule has 1 heterocycles. The van der Waals surface area contributed by atoms with Crippen molar-refractivity contribution in [3.05, 3.63) is 101 Å². The van der Waals surface area contributed by atoms with Crippen LogP contribution in [0, 0.1) is 11.3 Å². The van der Waals surface area contributed by atoms with Crippen molar-refractivity contribution in [2.24, 2.45) is 10.2 Å². The Kier molecular flexibility index (Phi) is 4.64. The summed E-state index contributed by atoms with van der Waals surface area (Å²) < 4.78 is 1.45. The first-order valence-electron chi connectivity index (χ1n) is 8.64. The SMILES string of the molecule is N#Cc1ccc(N=Nc2c(-c3ccccc3)[nH]n(-c3ccccc3)c2=O)cc1. The number of aromatic amines is 1. The van der Waals surface area contributed by atoms with Crippen LogP contribution in [0.3, 0.4) is 0 Å². The van der Waals surface area contributed by atoms with Crippen LogP contribution in [0.2, 0.25) is 0 Å². The summed E-state index contributed by atoms with van der Waals surface area (Å²) in [5, 5.41) is 20.5. The van der Waals surface area contributed by atoms with Crippen molar-refractivity contribution in [1.29, 1.82) is 5.26 Å². The summed E-state index contributed by atoms with van der Waals surface area (Å²) in [6.45, 7) is 0. The number of aromatic nitrogens is 2. The number of para-hydroxylation sites is 1. The quantitative estimate of drug-likeness (QED) is 0.509. The van der Waals surface area contributed by atoms with Crippen molar-refractivity contribution >= 4 is 11.4 Å². The fourth-order valence-corrected chi connectivity index (χ4v) is 2.80. The van der Waals surface area contributed by atoms with Crippen LogP contribution in [0.5, 0.6) is 0 Å². The van der Waals surface area contributed by atoms with Gasteiger partial charge in [0.15, 0.2) is 5.69 Å². The molecule has 4 rings (SSSR count). The minimum absolute atomic E-state index is 0.222. The zero-order valence-corrected chi connectivity index (χ0v) is 14.8. The van der Waals surface area contributed by atoms with E-state index in [-0.39, 0.29) is 11.2 Å². The molecule has 6 nitrogen and oxygen atoms in total. The van der Waals surface area contributed by atoms with Gasteiger partial charge in [0.2, 0.25) is 0 Å². The third kappa shape index (κ3) is 3.37. The number of hydrogen-bond acceptors (Lipinski definition) is 4. The first-order chi connectivity index (χ1) is 13.8. The minimum atomic E-state index is -0.289. The molecule has 0 bridgehead atoms. The highest BCUT2D eigenvalue weighted by Gasteiger charge is 2.16. The van der Waals surface area contributed by atoms with Crippen molar-refractivity contribution in [3.63, 3.8) is 0 Å². The molecule has 0 saturated heterocycles. The van der Waals surface area contributed by atoms with E-state index in [4.69, 9.17) is 5.26 Å². The number of rotatable bonds is 4. The highest BCUT2D eigenvalue weighted by Crippen LogP contribution is 2.28. The van der Waals surface area contributed by atoms with E-state index >= 15 is 0 Å². The maximum Gasteiger partial charge on any atom is 0.299 e. The number of hydrogen-bond donors (Lipinski definition) is 1. The van der Waals surface area contributed by atoms with Gasteiger partial charge in [-0.15, -0.1) is 5.11 Å². The van der Waals surface area contributed by atoms with Crippen LogP contribution in [0.1, 0.15) is 5.56 Å². The van der Waals surface area contributed by atoms with E-state index in [1.807, 2.05) is 60.7 Å². The van der Waals surface area contributed by atoms with Crippen molar-refractivity contribution < 1.29 is 0 Å². The van der Waals surface area contributed by atoms with E-state index in [9.17, 15) is 4.79 Å². The Hall–Kier alpha value is -4.24. The number of nitrogens with zero attached hydrogens (tertiary/aromatic N) is 4. The Bertz CT molecular complexity index is 1210. The van der Waals surface area contributed by atoms with Crippen LogP contribution in [0.25, 0.3) is 16.9 Å². The van der Waals surface area contributed by atoms with Crippen LogP contribution in [-0.4, -0.2) is 9.78 Å². The zero-order valence-electron chi connectivity index (χ0n) is 14.8. The van der Waals surface area contributed by atoms with Crippen molar-refractivity contribution in [2.75, 3.05) is 0 Å². The minimum Gasteiger partial charge on any atom is -0.288 e. The van der Waals surface area contributed by atoms with E-state index in [0.29, 0.717) is 22.6 Å². The van der Waals surface area contributed by atoms with Gasteiger partial charge in [0, 0.05) is 5.56 Å². The van der Waals surface area contributed by atoms with Gasteiger partial charge in [-0.05, 0) is 36.4 Å². The first kappa shape index (κ1) is 17.2. The lowest BCUT2D eigenvalue weighted by atomic mass is 10.1. The first-order valence-corrected chi connectivity index (χ1v) is 8.64. The van der Waals surface area contributed by atoms with Gasteiger partial charge in [0.25, 0.3) is 5.56 Å². The topological polar surface area (TPSA) is 86.3 Å². The van der Waals surface area contributed by atoms with E-state index in [1.165, 1.54) is 4.68 Å². The number of azo groups is 1. The zero-order chi connectivity index (χ0) is 19.3. The molecule has 0 fully saturated rings. The van der Waals surface area contributed by atoms with Crippen LogP contribution >= 0.6 is 0 Å². The standard InChI is InChI=1S/C22H15N5O/c23-15-16-11-13-18(14-12-16)24-25-21-20(17-7-3-1-4-8-17)26-27(22(21)28)19-9-5-2-6-10-19/h1-14,26H. The number of H-pyrrole nitrogens is 1. The maximum absolute atomic E-state index is 13.0. The molecule has 6 heteroatoms. The molecule has 0 saturated carbocycles. The van der Waals surface area contributed by atoms with E-state index in [1.54, 1.807) is 24.3 Å². The average Bonchev–Trinajstić information content (AvgIpc) is 3.10. The molecule has 28 heavy (non-hydrogen) atoms. The molecule has 1 aromatic heterocycles. The summed E-state index contributed by atoms with van der Waals surface area (Å²) in [5.74, 6) is 0. The second kappa shape index (κ2) is 7.56. The number of benzene rings is 3. The summed E-state index contributed by atoms with van der Waals surface area (Å²) in [6.07, 6.45) is 0. The summed E-state index contributed by atoms with van der Waals surface area (Å²) in [6, 6.07) is 27.6. The smallest absolute Gasteiger partial charge is 0.288 e. The van der Waals surface area contributed by atoms with Crippen molar-refractivity contribution in [2.45, 2.75) is 0 Å². The average molecular weight is 365 g/mol. The molecule has 134 valence electrons. The van der Waals surface area contributed by atoms with Gasteiger partial charge < -0.3 is 0 Å². The Morgan fingerprint density at radius 1 is 0.821 bits per heavy atom. The van der Waals surface area contributed by atoms with E-state index in [0.717, 1.165) is 5.56 Å². The highest BCUT2D eigenvalue weighted by molar-refractivity contribution is 5.71. The molecule has 0 radical (unpaired) electrons. The Morgan fingerprint density at radius 2 is 1.46 bits per heavy atom. The van der Waals surface area contributed by atoms with Crippen LogP contribution in [0.4, 0.5) is 11.4 Å². The molecule has 0 spiro atoms. The molecule has 1 N–H and O–H groups in total. The van der Waals surface area contributed by atoms with Gasteiger partial charge in [-0.1, -0.05) is 48.5 Å².